The quantitative estimate of drug-likeness (QED) is 0.486. The molecule has 0 saturated carbocycles. The molecule has 0 aromatic heterocycles. The zero-order valence-electron chi connectivity index (χ0n) is 8.32. The van der Waals surface area contributed by atoms with Gasteiger partial charge in [-0.15, -0.1) is 0 Å². The van der Waals surface area contributed by atoms with E-state index in [4.69, 9.17) is 0 Å². The molecule has 0 bridgehead atoms. The molecule has 0 aliphatic carbocycles. The van der Waals surface area contributed by atoms with Crippen LogP contribution in [0.5, 0.6) is 0 Å². The molecular weight excluding hydrogens is 289 g/mol. The maximum absolute atomic E-state index is 13.5. The summed E-state index contributed by atoms with van der Waals surface area (Å²) < 4.78 is 44.2. The summed E-state index contributed by atoms with van der Waals surface area (Å²) in [5.74, 6) is -4.70. The van der Waals surface area contributed by atoms with Crippen LogP contribution < -0.4 is 0 Å². The lowest BCUT2D eigenvalue weighted by atomic mass is 10.1. The van der Waals surface area contributed by atoms with Crippen LogP contribution in [0.15, 0.2) is 6.07 Å². The molecule has 0 heterocycles. The van der Waals surface area contributed by atoms with Crippen molar-refractivity contribution in [2.45, 2.75) is 12.3 Å². The van der Waals surface area contributed by atoms with E-state index in [1.807, 2.05) is 0 Å². The van der Waals surface area contributed by atoms with Crippen LogP contribution in [0.1, 0.15) is 22.8 Å². The maximum atomic E-state index is 13.5. The fourth-order valence-electron chi connectivity index (χ4n) is 1.13. The SMILES string of the molecule is CCOC(=O)c1cc(F)c(F)c(CBr)c1F. The summed E-state index contributed by atoms with van der Waals surface area (Å²) in [6, 6.07) is 0.495. The molecule has 2 nitrogen and oxygen atoms in total. The summed E-state index contributed by atoms with van der Waals surface area (Å²) in [6.07, 6.45) is 0. The maximum Gasteiger partial charge on any atom is 0.341 e. The number of halogens is 4. The van der Waals surface area contributed by atoms with E-state index in [0.29, 0.717) is 6.07 Å². The second-order valence-corrected chi connectivity index (χ2v) is 3.43. The lowest BCUT2D eigenvalue weighted by Crippen LogP contribution is -2.11. The topological polar surface area (TPSA) is 26.3 Å². The summed E-state index contributed by atoms with van der Waals surface area (Å²) in [5, 5.41) is -0.227. The Hall–Kier alpha value is -1.04. The molecule has 1 aromatic carbocycles. The molecule has 0 saturated heterocycles. The Labute approximate surface area is 98.5 Å². The third-order valence-electron chi connectivity index (χ3n) is 1.88. The van der Waals surface area contributed by atoms with E-state index in [9.17, 15) is 18.0 Å². The number of benzene rings is 1. The number of hydrogen-bond donors (Lipinski definition) is 0. The number of carbonyl (C=O) groups is 1. The molecule has 1 aromatic rings. The van der Waals surface area contributed by atoms with Gasteiger partial charge in [0, 0.05) is 10.9 Å². The van der Waals surface area contributed by atoms with Crippen LogP contribution in [0.2, 0.25) is 0 Å². The van der Waals surface area contributed by atoms with Gasteiger partial charge in [0.1, 0.15) is 5.82 Å². The minimum Gasteiger partial charge on any atom is -0.462 e. The summed E-state index contributed by atoms with van der Waals surface area (Å²) in [7, 11) is 0. The number of hydrogen-bond acceptors (Lipinski definition) is 2. The molecule has 0 fully saturated rings. The van der Waals surface area contributed by atoms with Crippen molar-refractivity contribution in [1.82, 2.24) is 0 Å². The molecule has 0 atom stereocenters. The van der Waals surface area contributed by atoms with Gasteiger partial charge in [-0.3, -0.25) is 0 Å². The van der Waals surface area contributed by atoms with E-state index in [2.05, 4.69) is 20.7 Å². The molecular formula is C10H8BrF3O2. The normalized spacial score (nSPS) is 10.3. The van der Waals surface area contributed by atoms with Gasteiger partial charge in [0.15, 0.2) is 11.6 Å². The van der Waals surface area contributed by atoms with Crippen LogP contribution in [0.3, 0.4) is 0 Å². The zero-order chi connectivity index (χ0) is 12.3. The highest BCUT2D eigenvalue weighted by Gasteiger charge is 2.22. The van der Waals surface area contributed by atoms with Gasteiger partial charge < -0.3 is 4.74 Å². The highest BCUT2D eigenvalue weighted by molar-refractivity contribution is 9.08. The van der Waals surface area contributed by atoms with Gasteiger partial charge in [0.05, 0.1) is 12.2 Å². The lowest BCUT2D eigenvalue weighted by Gasteiger charge is -2.08. The van der Waals surface area contributed by atoms with E-state index in [1.54, 1.807) is 0 Å². The van der Waals surface area contributed by atoms with Crippen LogP contribution in [0.25, 0.3) is 0 Å². The van der Waals surface area contributed by atoms with Gasteiger partial charge in [-0.1, -0.05) is 15.9 Å². The highest BCUT2D eigenvalue weighted by atomic mass is 79.9. The number of rotatable bonds is 3. The third kappa shape index (κ3) is 2.37. The molecule has 0 aliphatic rings. The first-order valence-electron chi connectivity index (χ1n) is 4.42. The van der Waals surface area contributed by atoms with Gasteiger partial charge in [-0.05, 0) is 13.0 Å². The largest absolute Gasteiger partial charge is 0.462 e. The fourth-order valence-corrected chi connectivity index (χ4v) is 1.62. The second-order valence-electron chi connectivity index (χ2n) is 2.87. The van der Waals surface area contributed by atoms with E-state index in [1.165, 1.54) is 6.92 Å². The monoisotopic (exact) mass is 296 g/mol. The Balaban J connectivity index is 3.31. The Bertz CT molecular complexity index is 421. The number of alkyl halides is 1. The zero-order valence-corrected chi connectivity index (χ0v) is 9.91. The van der Waals surface area contributed by atoms with Gasteiger partial charge in [0.25, 0.3) is 0 Å². The molecule has 16 heavy (non-hydrogen) atoms. The first-order valence-corrected chi connectivity index (χ1v) is 5.54. The molecule has 0 radical (unpaired) electrons. The van der Waals surface area contributed by atoms with Crippen molar-refractivity contribution in [3.05, 3.63) is 34.6 Å². The molecule has 0 N–H and O–H groups in total. The van der Waals surface area contributed by atoms with Crippen LogP contribution in [0, 0.1) is 17.5 Å². The predicted molar refractivity (Wildman–Crippen MR) is 54.9 cm³/mol. The predicted octanol–water partition coefficient (Wildman–Crippen LogP) is 3.18. The van der Waals surface area contributed by atoms with Crippen LogP contribution in [-0.4, -0.2) is 12.6 Å². The lowest BCUT2D eigenvalue weighted by molar-refractivity contribution is 0.0520. The van der Waals surface area contributed by atoms with Crippen LogP contribution in [-0.2, 0) is 10.1 Å². The molecule has 6 heteroatoms. The average Bonchev–Trinajstić information content (AvgIpc) is 2.24. The fraction of sp³-hybridized carbons (Fsp3) is 0.300. The minimum atomic E-state index is -1.30. The first kappa shape index (κ1) is 13.0. The average molecular weight is 297 g/mol. The molecule has 0 unspecified atom stereocenters. The number of ether oxygens (including phenoxy) is 1. The van der Waals surface area contributed by atoms with Gasteiger partial charge >= 0.3 is 5.97 Å². The van der Waals surface area contributed by atoms with Crippen molar-refractivity contribution in [1.29, 1.82) is 0 Å². The van der Waals surface area contributed by atoms with Crippen molar-refractivity contribution in [3.63, 3.8) is 0 Å². The first-order chi connectivity index (χ1) is 7.52. The summed E-state index contributed by atoms with van der Waals surface area (Å²) >= 11 is 2.82. The smallest absolute Gasteiger partial charge is 0.341 e. The van der Waals surface area contributed by atoms with Crippen molar-refractivity contribution in [3.8, 4) is 0 Å². The standard InChI is InChI=1S/C10H8BrF3O2/c1-2-16-10(15)5-3-7(12)9(14)6(4-11)8(5)13/h3H,2,4H2,1H3. The highest BCUT2D eigenvalue weighted by Crippen LogP contribution is 2.22. The molecule has 0 aliphatic heterocycles. The Kier molecular flexibility index (Phi) is 4.35. The van der Waals surface area contributed by atoms with Crippen LogP contribution in [0.4, 0.5) is 13.2 Å². The summed E-state index contributed by atoms with van der Waals surface area (Å²) in [4.78, 5) is 11.2. The van der Waals surface area contributed by atoms with Crippen molar-refractivity contribution >= 4 is 21.9 Å². The summed E-state index contributed by atoms with van der Waals surface area (Å²) in [6.45, 7) is 1.56. The van der Waals surface area contributed by atoms with E-state index >= 15 is 0 Å². The molecule has 0 amide bonds. The Morgan fingerprint density at radius 2 is 2.00 bits per heavy atom. The van der Waals surface area contributed by atoms with Crippen LogP contribution >= 0.6 is 15.9 Å². The van der Waals surface area contributed by atoms with E-state index in [-0.39, 0.29) is 11.9 Å². The number of carbonyl (C=O) groups excluding carboxylic acids is 1. The van der Waals surface area contributed by atoms with Gasteiger partial charge in [-0.25, -0.2) is 18.0 Å². The minimum absolute atomic E-state index is 0.0287. The van der Waals surface area contributed by atoms with Crippen molar-refractivity contribution < 1.29 is 22.7 Å². The summed E-state index contributed by atoms with van der Waals surface area (Å²) in [5.41, 5.74) is -1.13. The van der Waals surface area contributed by atoms with E-state index < -0.39 is 34.5 Å². The second kappa shape index (κ2) is 5.34. The molecule has 88 valence electrons. The van der Waals surface area contributed by atoms with Crippen molar-refractivity contribution in [2.75, 3.05) is 6.61 Å². The molecule has 0 spiro atoms. The van der Waals surface area contributed by atoms with Gasteiger partial charge in [-0.2, -0.15) is 0 Å². The Morgan fingerprint density at radius 3 is 2.50 bits per heavy atom. The van der Waals surface area contributed by atoms with E-state index in [0.717, 1.165) is 0 Å². The molecule has 1 rings (SSSR count). The number of esters is 1. The van der Waals surface area contributed by atoms with Gasteiger partial charge in [0.2, 0.25) is 0 Å². The Morgan fingerprint density at radius 1 is 1.38 bits per heavy atom. The third-order valence-corrected chi connectivity index (χ3v) is 2.44. The van der Waals surface area contributed by atoms with Crippen molar-refractivity contribution in [2.24, 2.45) is 0 Å².